The van der Waals surface area contributed by atoms with Gasteiger partial charge in [-0.2, -0.15) is 5.26 Å². The monoisotopic (exact) mass is 412 g/mol. The molecule has 0 radical (unpaired) electrons. The molecule has 148 valence electrons. The van der Waals surface area contributed by atoms with Gasteiger partial charge in [0.1, 0.15) is 11.5 Å². The third-order valence-corrected chi connectivity index (χ3v) is 7.10. The van der Waals surface area contributed by atoms with Crippen molar-refractivity contribution in [1.29, 1.82) is 5.26 Å². The molecule has 1 atom stereocenters. The van der Waals surface area contributed by atoms with Crippen LogP contribution in [-0.4, -0.2) is 23.2 Å². The molecule has 0 aliphatic carbocycles. The van der Waals surface area contributed by atoms with E-state index in [-0.39, 0.29) is 27.2 Å². The Bertz CT molecular complexity index is 1250. The number of fused-ring (bicyclic) bond motifs is 1. The van der Waals surface area contributed by atoms with Crippen LogP contribution in [0, 0.1) is 31.0 Å². The van der Waals surface area contributed by atoms with Crippen molar-refractivity contribution in [1.82, 2.24) is 4.98 Å². The summed E-state index contributed by atoms with van der Waals surface area (Å²) >= 11 is 0. The molecule has 1 aromatic heterocycles. The summed E-state index contributed by atoms with van der Waals surface area (Å²) in [5.41, 5.74) is 1.44. The van der Waals surface area contributed by atoms with Crippen LogP contribution in [0.2, 0.25) is 0 Å². The maximum Gasteiger partial charge on any atom is 0.353 e. The van der Waals surface area contributed by atoms with E-state index in [0.29, 0.717) is 11.1 Å². The van der Waals surface area contributed by atoms with Gasteiger partial charge in [0.2, 0.25) is 0 Å². The highest BCUT2D eigenvalue weighted by atomic mass is 31.2. The van der Waals surface area contributed by atoms with Gasteiger partial charge in [0.15, 0.2) is 0 Å². The van der Waals surface area contributed by atoms with Crippen molar-refractivity contribution < 1.29 is 23.4 Å². The van der Waals surface area contributed by atoms with E-state index in [2.05, 4.69) is 4.98 Å². The zero-order valence-corrected chi connectivity index (χ0v) is 16.9. The number of aromatic carboxylic acids is 1. The molecular formula is C21H18FN2O4P. The number of aromatic nitrogens is 1. The molecule has 0 bridgehead atoms. The summed E-state index contributed by atoms with van der Waals surface area (Å²) < 4.78 is 34.5. The molecule has 8 heteroatoms. The van der Waals surface area contributed by atoms with Crippen LogP contribution in [0.3, 0.4) is 0 Å². The van der Waals surface area contributed by atoms with E-state index in [1.54, 1.807) is 38.1 Å². The number of aromatic amines is 1. The first-order chi connectivity index (χ1) is 13.7. The Morgan fingerprint density at radius 2 is 2.03 bits per heavy atom. The minimum absolute atomic E-state index is 0.0665. The molecule has 2 N–H and O–H groups in total. The predicted molar refractivity (Wildman–Crippen MR) is 110 cm³/mol. The van der Waals surface area contributed by atoms with Gasteiger partial charge in [0, 0.05) is 29.4 Å². The normalized spacial score (nSPS) is 13.5. The zero-order valence-electron chi connectivity index (χ0n) is 16.0. The highest BCUT2D eigenvalue weighted by Gasteiger charge is 2.37. The quantitative estimate of drug-likeness (QED) is 0.486. The van der Waals surface area contributed by atoms with Crippen molar-refractivity contribution >= 4 is 40.9 Å². The van der Waals surface area contributed by atoms with E-state index in [4.69, 9.17) is 9.79 Å². The van der Waals surface area contributed by atoms with Crippen molar-refractivity contribution in [3.63, 3.8) is 0 Å². The predicted octanol–water partition coefficient (Wildman–Crippen LogP) is 4.03. The number of H-pyrrole nitrogens is 1. The van der Waals surface area contributed by atoms with E-state index < -0.39 is 19.2 Å². The van der Waals surface area contributed by atoms with Gasteiger partial charge in [-0.3, -0.25) is 4.57 Å². The Labute approximate surface area is 166 Å². The van der Waals surface area contributed by atoms with Crippen LogP contribution < -0.4 is 10.6 Å². The maximum atomic E-state index is 15.0. The molecule has 1 unspecified atom stereocenters. The maximum absolute atomic E-state index is 15.0. The minimum Gasteiger partial charge on any atom is -0.477 e. The second kappa shape index (κ2) is 7.67. The van der Waals surface area contributed by atoms with Gasteiger partial charge in [0.05, 0.1) is 11.4 Å². The van der Waals surface area contributed by atoms with Crippen LogP contribution in [0.5, 0.6) is 0 Å². The molecule has 0 amide bonds. The average molecular weight is 412 g/mol. The molecular weight excluding hydrogens is 394 g/mol. The first-order valence-electron chi connectivity index (χ1n) is 8.61. The number of allylic oxidation sites excluding steroid dienone is 1. The van der Waals surface area contributed by atoms with Gasteiger partial charge in [0.25, 0.3) is 7.37 Å². The number of nitriles is 1. The second-order valence-electron chi connectivity index (χ2n) is 6.57. The van der Waals surface area contributed by atoms with Gasteiger partial charge in [-0.25, -0.2) is 9.18 Å². The van der Waals surface area contributed by atoms with Crippen LogP contribution >= 0.6 is 7.37 Å². The Morgan fingerprint density at radius 3 is 2.66 bits per heavy atom. The molecule has 3 aromatic rings. The lowest BCUT2D eigenvalue weighted by atomic mass is 10.1. The number of carbonyl (C=O) groups is 1. The van der Waals surface area contributed by atoms with Gasteiger partial charge in [-0.15, -0.1) is 0 Å². The molecule has 29 heavy (non-hydrogen) atoms. The van der Waals surface area contributed by atoms with Crippen LogP contribution in [0.25, 0.3) is 17.0 Å². The SMILES string of the molecule is COP(=O)(c1cc(C)cc(/C=C/C#N)c1)c1c(C(=O)O)[nH]c2ccc(C)c(F)c12. The lowest BCUT2D eigenvalue weighted by Crippen LogP contribution is -2.23. The number of carboxylic acids is 1. The molecule has 0 spiro atoms. The van der Waals surface area contributed by atoms with E-state index in [9.17, 15) is 14.5 Å². The van der Waals surface area contributed by atoms with Crippen molar-refractivity contribution in [3.8, 4) is 6.07 Å². The van der Waals surface area contributed by atoms with Gasteiger partial charge < -0.3 is 14.6 Å². The van der Waals surface area contributed by atoms with Crippen molar-refractivity contribution in [3.05, 3.63) is 64.6 Å². The largest absolute Gasteiger partial charge is 0.477 e. The van der Waals surface area contributed by atoms with Crippen molar-refractivity contribution in [2.24, 2.45) is 0 Å². The molecule has 0 saturated carbocycles. The van der Waals surface area contributed by atoms with Crippen molar-refractivity contribution in [2.45, 2.75) is 13.8 Å². The Hall–Kier alpha value is -3.20. The summed E-state index contributed by atoms with van der Waals surface area (Å²) in [5.74, 6) is -2.03. The molecule has 0 aliphatic rings. The van der Waals surface area contributed by atoms with Crippen LogP contribution in [0.1, 0.15) is 27.2 Å². The van der Waals surface area contributed by atoms with Crippen LogP contribution in [0.15, 0.2) is 36.4 Å². The minimum atomic E-state index is -4.00. The molecule has 0 aliphatic heterocycles. The zero-order chi connectivity index (χ0) is 21.3. The fourth-order valence-corrected chi connectivity index (χ4v) is 5.60. The summed E-state index contributed by atoms with van der Waals surface area (Å²) in [5, 5.41) is 18.4. The number of benzene rings is 2. The summed E-state index contributed by atoms with van der Waals surface area (Å²) in [7, 11) is -2.80. The van der Waals surface area contributed by atoms with Crippen molar-refractivity contribution in [2.75, 3.05) is 7.11 Å². The van der Waals surface area contributed by atoms with Gasteiger partial charge in [-0.1, -0.05) is 12.1 Å². The van der Waals surface area contributed by atoms with E-state index in [0.717, 1.165) is 5.56 Å². The highest BCUT2D eigenvalue weighted by Crippen LogP contribution is 2.48. The van der Waals surface area contributed by atoms with Gasteiger partial charge >= 0.3 is 5.97 Å². The van der Waals surface area contributed by atoms with E-state index >= 15 is 4.39 Å². The smallest absolute Gasteiger partial charge is 0.353 e. The lowest BCUT2D eigenvalue weighted by Gasteiger charge is -2.19. The first kappa shape index (κ1) is 20.5. The third-order valence-electron chi connectivity index (χ3n) is 4.61. The number of rotatable bonds is 5. The molecule has 3 rings (SSSR count). The number of carboxylic acid groups (broad SMARTS) is 1. The Morgan fingerprint density at radius 1 is 1.31 bits per heavy atom. The van der Waals surface area contributed by atoms with E-state index in [1.807, 2.05) is 6.07 Å². The number of halogens is 1. The summed E-state index contributed by atoms with van der Waals surface area (Å²) in [6.45, 7) is 3.31. The second-order valence-corrected chi connectivity index (χ2v) is 9.00. The fourth-order valence-electron chi connectivity index (χ4n) is 3.30. The summed E-state index contributed by atoms with van der Waals surface area (Å²) in [6.07, 6.45) is 2.81. The number of hydrogen-bond acceptors (Lipinski definition) is 4. The average Bonchev–Trinajstić information content (AvgIpc) is 3.09. The molecule has 0 saturated heterocycles. The molecule has 1 heterocycles. The first-order valence-corrected chi connectivity index (χ1v) is 10.2. The number of nitrogens with zero attached hydrogens (tertiary/aromatic N) is 1. The molecule has 0 fully saturated rings. The third kappa shape index (κ3) is 3.49. The van der Waals surface area contributed by atoms with Crippen LogP contribution in [-0.2, 0) is 9.09 Å². The van der Waals surface area contributed by atoms with E-state index in [1.165, 1.54) is 25.3 Å². The fraction of sp³-hybridized carbons (Fsp3) is 0.143. The summed E-state index contributed by atoms with van der Waals surface area (Å²) in [6, 6.07) is 9.86. The number of hydrogen-bond donors (Lipinski definition) is 2. The molecule has 2 aromatic carbocycles. The number of aryl methyl sites for hydroxylation is 2. The van der Waals surface area contributed by atoms with Gasteiger partial charge in [-0.05, 0) is 54.8 Å². The van der Waals surface area contributed by atoms with Crippen LogP contribution in [0.4, 0.5) is 4.39 Å². The standard InChI is InChI=1S/C21H18FN2O4P/c1-12-9-14(5-4-8-23)11-15(10-12)29(27,28-3)20-17-16(24-19(20)21(25)26)7-6-13(2)18(17)22/h4-7,9-11,24H,1-3H3,(H,25,26)/b5-4+. The Balaban J connectivity index is 2.42. The lowest BCUT2D eigenvalue weighted by molar-refractivity contribution is 0.0692. The summed E-state index contributed by atoms with van der Waals surface area (Å²) in [4.78, 5) is 14.5. The Kier molecular flexibility index (Phi) is 5.43. The highest BCUT2D eigenvalue weighted by molar-refractivity contribution is 7.75. The topological polar surface area (TPSA) is 103 Å². The number of nitrogens with one attached hydrogen (secondary N) is 1. The molecule has 6 nitrogen and oxygen atoms in total.